The number of aromatic nitrogens is 2. The van der Waals surface area contributed by atoms with Crippen LogP contribution in [0.3, 0.4) is 0 Å². The summed E-state index contributed by atoms with van der Waals surface area (Å²) in [5.74, 6) is -2.30. The molecule has 4 amide bonds. The van der Waals surface area contributed by atoms with Gasteiger partial charge in [0, 0.05) is 12.1 Å². The topological polar surface area (TPSA) is 189 Å². The van der Waals surface area contributed by atoms with Crippen LogP contribution in [0.25, 0.3) is 0 Å². The van der Waals surface area contributed by atoms with E-state index in [0.717, 1.165) is 0 Å². The molecule has 0 unspecified atom stereocenters. The number of nitrogen functional groups attached to an aromatic ring is 2. The predicted molar refractivity (Wildman–Crippen MR) is 144 cm³/mol. The second-order valence-corrected chi connectivity index (χ2v) is 10.4. The molecule has 14 nitrogen and oxygen atoms in total. The number of ether oxygens (including phenoxy) is 4. The van der Waals surface area contributed by atoms with Crippen molar-refractivity contribution in [3.63, 3.8) is 0 Å². The van der Waals surface area contributed by atoms with Crippen molar-refractivity contribution < 1.29 is 38.1 Å². The van der Waals surface area contributed by atoms with E-state index in [1.165, 1.54) is 24.5 Å². The highest BCUT2D eigenvalue weighted by Crippen LogP contribution is 2.15. The minimum atomic E-state index is -1.33. The van der Waals surface area contributed by atoms with Gasteiger partial charge in [0.05, 0.1) is 36.9 Å². The Morgan fingerprint density at radius 2 is 1.02 bits per heavy atom. The van der Waals surface area contributed by atoms with Gasteiger partial charge in [0.25, 0.3) is 0 Å². The van der Waals surface area contributed by atoms with Gasteiger partial charge in [-0.15, -0.1) is 0 Å². The fourth-order valence-corrected chi connectivity index (χ4v) is 2.85. The summed E-state index contributed by atoms with van der Waals surface area (Å²) < 4.78 is 21.6. The van der Waals surface area contributed by atoms with Gasteiger partial charge in [0.1, 0.15) is 24.4 Å². The number of hydrogen-bond donors (Lipinski definition) is 2. The summed E-state index contributed by atoms with van der Waals surface area (Å²) in [7, 11) is 0. The molecule has 0 aliphatic heterocycles. The molecule has 0 bridgehead atoms. The summed E-state index contributed by atoms with van der Waals surface area (Å²) in [6.07, 6.45) is 0.532. The van der Waals surface area contributed by atoms with Crippen LogP contribution in [0.2, 0.25) is 0 Å². The molecule has 2 rings (SSSR count). The first-order valence-electron chi connectivity index (χ1n) is 12.3. The molecule has 2 aromatic heterocycles. The van der Waals surface area contributed by atoms with Crippen molar-refractivity contribution in [3.8, 4) is 11.8 Å². The molecule has 0 atom stereocenters. The zero-order valence-electron chi connectivity index (χ0n) is 23.5. The van der Waals surface area contributed by atoms with Gasteiger partial charge in [-0.1, -0.05) is 0 Å². The zero-order chi connectivity index (χ0) is 30.1. The second-order valence-electron chi connectivity index (χ2n) is 10.4. The van der Waals surface area contributed by atoms with Gasteiger partial charge < -0.3 is 30.4 Å². The summed E-state index contributed by atoms with van der Waals surface area (Å²) in [5, 5.41) is 0. The summed E-state index contributed by atoms with van der Waals surface area (Å²) in [4.78, 5) is 61.5. The SMILES string of the molecule is CC(C)(C)OC(=O)N(CCOc1ccc(N)cn1)C(=O)C(=O)N(CCOc1ccc(N)cn1)C(=O)OC(C)(C)C. The van der Waals surface area contributed by atoms with Crippen molar-refractivity contribution >= 4 is 35.4 Å². The van der Waals surface area contributed by atoms with Gasteiger partial charge in [-0.2, -0.15) is 0 Å². The van der Waals surface area contributed by atoms with Crippen LogP contribution in [0.1, 0.15) is 41.5 Å². The summed E-state index contributed by atoms with van der Waals surface area (Å²) in [5.41, 5.74) is 10.1. The normalized spacial score (nSPS) is 11.2. The van der Waals surface area contributed by atoms with Crippen LogP contribution in [0.4, 0.5) is 21.0 Å². The Morgan fingerprint density at radius 3 is 1.30 bits per heavy atom. The van der Waals surface area contributed by atoms with E-state index in [-0.39, 0.29) is 38.1 Å². The van der Waals surface area contributed by atoms with Crippen molar-refractivity contribution in [1.82, 2.24) is 19.8 Å². The van der Waals surface area contributed by atoms with Crippen LogP contribution in [0.15, 0.2) is 36.7 Å². The Kier molecular flexibility index (Phi) is 10.6. The molecule has 2 aromatic rings. The maximum absolute atomic E-state index is 13.3. The summed E-state index contributed by atoms with van der Waals surface area (Å²) in [6, 6.07) is 6.12. The van der Waals surface area contributed by atoms with Crippen LogP contribution in [-0.2, 0) is 19.1 Å². The van der Waals surface area contributed by atoms with Crippen LogP contribution >= 0.6 is 0 Å². The number of pyridine rings is 2. The van der Waals surface area contributed by atoms with Crippen molar-refractivity contribution in [3.05, 3.63) is 36.7 Å². The van der Waals surface area contributed by atoms with E-state index in [9.17, 15) is 19.2 Å². The summed E-state index contributed by atoms with van der Waals surface area (Å²) >= 11 is 0. The number of imide groups is 2. The molecule has 0 spiro atoms. The third-order valence-electron chi connectivity index (χ3n) is 4.55. The fraction of sp³-hybridized carbons (Fsp3) is 0.462. The number of carbonyl (C=O) groups is 4. The Bertz CT molecular complexity index is 1080. The molecule has 0 saturated heterocycles. The lowest BCUT2D eigenvalue weighted by molar-refractivity contribution is -0.151. The quantitative estimate of drug-likeness (QED) is 0.450. The lowest BCUT2D eigenvalue weighted by Crippen LogP contribution is -2.53. The van der Waals surface area contributed by atoms with E-state index < -0.39 is 35.2 Å². The van der Waals surface area contributed by atoms with Crippen LogP contribution < -0.4 is 20.9 Å². The molecule has 0 fully saturated rings. The Balaban J connectivity index is 2.22. The van der Waals surface area contributed by atoms with Gasteiger partial charge in [-0.3, -0.25) is 9.59 Å². The average molecular weight is 561 g/mol. The highest BCUT2D eigenvalue weighted by molar-refractivity contribution is 6.39. The fourth-order valence-electron chi connectivity index (χ4n) is 2.85. The van der Waals surface area contributed by atoms with Crippen LogP contribution in [0.5, 0.6) is 11.8 Å². The molecule has 0 radical (unpaired) electrons. The lowest BCUT2D eigenvalue weighted by atomic mass is 10.2. The second kappa shape index (κ2) is 13.4. The molecule has 40 heavy (non-hydrogen) atoms. The largest absolute Gasteiger partial charge is 0.476 e. The van der Waals surface area contributed by atoms with Crippen molar-refractivity contribution in [2.75, 3.05) is 37.8 Å². The van der Waals surface area contributed by atoms with Gasteiger partial charge in [-0.25, -0.2) is 29.4 Å². The molecular weight excluding hydrogens is 524 g/mol. The molecular formula is C26H36N6O8. The van der Waals surface area contributed by atoms with Gasteiger partial charge in [0.2, 0.25) is 11.8 Å². The zero-order valence-corrected chi connectivity index (χ0v) is 23.5. The number of carbonyl (C=O) groups excluding carboxylic acids is 4. The van der Waals surface area contributed by atoms with E-state index in [4.69, 9.17) is 30.4 Å². The number of anilines is 2. The molecule has 0 aliphatic carbocycles. The smallest absolute Gasteiger partial charge is 0.417 e. The molecule has 2 heterocycles. The molecule has 0 aliphatic rings. The molecule has 0 saturated carbocycles. The monoisotopic (exact) mass is 560 g/mol. The third kappa shape index (κ3) is 10.6. The number of nitrogens with zero attached hydrogens (tertiary/aromatic N) is 4. The van der Waals surface area contributed by atoms with Crippen molar-refractivity contribution in [2.45, 2.75) is 52.7 Å². The standard InChI is InChI=1S/C26H36N6O8/c1-25(2,3)39-23(35)31(11-13-37-19-9-7-17(27)15-29-19)21(33)22(34)32(24(36)40-26(4,5)6)12-14-38-20-10-8-18(28)16-30-20/h7-10,15-16H,11-14,27-28H2,1-6H3. The Labute approximate surface area is 232 Å². The van der Waals surface area contributed by atoms with Gasteiger partial charge in [-0.05, 0) is 53.7 Å². The highest BCUT2D eigenvalue weighted by atomic mass is 16.6. The maximum Gasteiger partial charge on any atom is 0.417 e. The van der Waals surface area contributed by atoms with Crippen LogP contribution in [0, 0.1) is 0 Å². The third-order valence-corrected chi connectivity index (χ3v) is 4.55. The maximum atomic E-state index is 13.3. The average Bonchev–Trinajstić information content (AvgIpc) is 2.83. The Hall–Kier alpha value is -4.62. The minimum Gasteiger partial charge on any atom is -0.476 e. The number of amides is 4. The molecule has 218 valence electrons. The van der Waals surface area contributed by atoms with Gasteiger partial charge in [0.15, 0.2) is 0 Å². The first kappa shape index (κ1) is 31.6. The first-order valence-corrected chi connectivity index (χ1v) is 12.3. The van der Waals surface area contributed by atoms with Gasteiger partial charge >= 0.3 is 24.0 Å². The molecule has 0 aromatic carbocycles. The lowest BCUT2D eigenvalue weighted by Gasteiger charge is -2.29. The predicted octanol–water partition coefficient (Wildman–Crippen LogP) is 2.63. The van der Waals surface area contributed by atoms with Crippen LogP contribution in [-0.4, -0.2) is 81.3 Å². The molecule has 4 N–H and O–H groups in total. The van der Waals surface area contributed by atoms with E-state index in [0.29, 0.717) is 21.2 Å². The highest BCUT2D eigenvalue weighted by Gasteiger charge is 2.38. The number of nitrogens with two attached hydrogens (primary N) is 2. The van der Waals surface area contributed by atoms with E-state index in [2.05, 4.69) is 9.97 Å². The minimum absolute atomic E-state index is 0.181. The van der Waals surface area contributed by atoms with E-state index >= 15 is 0 Å². The number of rotatable bonds is 8. The van der Waals surface area contributed by atoms with Crippen molar-refractivity contribution in [2.24, 2.45) is 0 Å². The van der Waals surface area contributed by atoms with E-state index in [1.54, 1.807) is 53.7 Å². The summed E-state index contributed by atoms with van der Waals surface area (Å²) in [6.45, 7) is 8.35. The molecule has 14 heteroatoms. The number of hydrogen-bond acceptors (Lipinski definition) is 12. The Morgan fingerprint density at radius 1 is 0.675 bits per heavy atom. The van der Waals surface area contributed by atoms with E-state index in [1.807, 2.05) is 0 Å². The van der Waals surface area contributed by atoms with Crippen molar-refractivity contribution in [1.29, 1.82) is 0 Å². The first-order chi connectivity index (χ1) is 18.6.